The lowest BCUT2D eigenvalue weighted by atomic mass is 9.60. The molecular weight excluding hydrogens is 266 g/mol. The normalized spacial score (nSPS) is 18.2. The average Bonchev–Trinajstić information content (AvgIpc) is 2.44. The molecule has 1 aromatic carbocycles. The van der Waals surface area contributed by atoms with E-state index in [-0.39, 0.29) is 0 Å². The maximum absolute atomic E-state index is 11.5. The van der Waals surface area contributed by atoms with Crippen LogP contribution in [0.5, 0.6) is 0 Å². The maximum atomic E-state index is 11.5. The Bertz CT molecular complexity index is 655. The van der Waals surface area contributed by atoms with E-state index in [4.69, 9.17) is 0 Å². The van der Waals surface area contributed by atoms with Crippen LogP contribution >= 0.6 is 0 Å². The van der Waals surface area contributed by atoms with Crippen molar-refractivity contribution in [1.82, 2.24) is 0 Å². The van der Waals surface area contributed by atoms with Gasteiger partial charge in [0.15, 0.2) is 0 Å². The molecule has 1 fully saturated rings. The monoisotopic (exact) mass is 283 g/mol. The molecular formula is C17H17NO3. The fourth-order valence-corrected chi connectivity index (χ4v) is 2.39. The number of benzene rings is 1. The van der Waals surface area contributed by atoms with Gasteiger partial charge in [-0.1, -0.05) is 17.9 Å². The Labute approximate surface area is 124 Å². The Kier molecular flexibility index (Phi) is 4.02. The summed E-state index contributed by atoms with van der Waals surface area (Å²) >= 11 is 0. The molecule has 0 spiro atoms. The van der Waals surface area contributed by atoms with E-state index in [0.29, 0.717) is 24.0 Å². The first kappa shape index (κ1) is 15.1. The van der Waals surface area contributed by atoms with E-state index in [1.807, 2.05) is 0 Å². The number of aliphatic hydroxyl groups is 1. The molecule has 0 saturated heterocycles. The lowest BCUT2D eigenvalue weighted by Gasteiger charge is -2.43. The van der Waals surface area contributed by atoms with Gasteiger partial charge in [0.05, 0.1) is 24.2 Å². The van der Waals surface area contributed by atoms with Gasteiger partial charge in [0, 0.05) is 5.56 Å². The Hall–Kier alpha value is -2.30. The summed E-state index contributed by atoms with van der Waals surface area (Å²) in [6.45, 7) is 1.58. The van der Waals surface area contributed by atoms with Crippen molar-refractivity contribution in [1.29, 1.82) is 5.26 Å². The van der Waals surface area contributed by atoms with Crippen LogP contribution in [0.15, 0.2) is 24.3 Å². The number of nitrogens with zero attached hydrogens (tertiary/aromatic N) is 1. The van der Waals surface area contributed by atoms with Crippen molar-refractivity contribution in [3.63, 3.8) is 0 Å². The molecule has 2 rings (SSSR count). The third-order valence-corrected chi connectivity index (χ3v) is 4.09. The number of carbonyl (C=O) groups excluding carboxylic acids is 1. The van der Waals surface area contributed by atoms with Crippen LogP contribution in [-0.2, 0) is 4.74 Å². The smallest absolute Gasteiger partial charge is 0.337 e. The van der Waals surface area contributed by atoms with Gasteiger partial charge in [-0.15, -0.1) is 0 Å². The van der Waals surface area contributed by atoms with E-state index in [1.54, 1.807) is 31.2 Å². The van der Waals surface area contributed by atoms with Gasteiger partial charge in [-0.2, -0.15) is 5.26 Å². The minimum atomic E-state index is -1.36. The molecule has 4 heteroatoms. The van der Waals surface area contributed by atoms with Crippen LogP contribution < -0.4 is 0 Å². The predicted octanol–water partition coefficient (Wildman–Crippen LogP) is 2.27. The first-order valence-corrected chi connectivity index (χ1v) is 6.79. The van der Waals surface area contributed by atoms with Crippen LogP contribution in [0.2, 0.25) is 0 Å². The highest BCUT2D eigenvalue weighted by Gasteiger charge is 2.51. The van der Waals surface area contributed by atoms with E-state index >= 15 is 0 Å². The van der Waals surface area contributed by atoms with Gasteiger partial charge in [0.1, 0.15) is 5.60 Å². The summed E-state index contributed by atoms with van der Waals surface area (Å²) in [7, 11) is 1.32. The second-order valence-corrected chi connectivity index (χ2v) is 5.44. The molecule has 1 aromatic rings. The van der Waals surface area contributed by atoms with E-state index in [0.717, 1.165) is 6.42 Å². The van der Waals surface area contributed by atoms with Crippen molar-refractivity contribution in [2.24, 2.45) is 5.41 Å². The number of hydrogen-bond donors (Lipinski definition) is 1. The van der Waals surface area contributed by atoms with Crippen LogP contribution in [0.1, 0.15) is 42.1 Å². The van der Waals surface area contributed by atoms with Crippen LogP contribution in [0.3, 0.4) is 0 Å². The third kappa shape index (κ3) is 2.77. The highest BCUT2D eigenvalue weighted by Crippen LogP contribution is 2.48. The molecule has 1 aliphatic carbocycles. The number of carbonyl (C=O) groups is 1. The molecule has 4 nitrogen and oxygen atoms in total. The molecule has 1 atom stereocenters. The largest absolute Gasteiger partial charge is 0.465 e. The standard InChI is InChI=1S/C17H17NO3/c1-16(20,17(12-18)8-4-9-17)10-7-13-5-3-6-14(11-13)15(19)21-2/h3,5-6,11,20H,4,8-9H2,1-2H3/t16-/m1/s1. The molecule has 1 N–H and O–H groups in total. The molecule has 0 bridgehead atoms. The first-order valence-electron chi connectivity index (χ1n) is 6.79. The van der Waals surface area contributed by atoms with Crippen LogP contribution in [0, 0.1) is 28.6 Å². The zero-order valence-electron chi connectivity index (χ0n) is 12.1. The van der Waals surface area contributed by atoms with E-state index in [1.165, 1.54) is 7.11 Å². The zero-order chi connectivity index (χ0) is 15.5. The van der Waals surface area contributed by atoms with Gasteiger partial charge in [0.2, 0.25) is 0 Å². The maximum Gasteiger partial charge on any atom is 0.337 e. The zero-order valence-corrected chi connectivity index (χ0v) is 12.1. The van der Waals surface area contributed by atoms with Crippen molar-refractivity contribution >= 4 is 5.97 Å². The summed E-state index contributed by atoms with van der Waals surface area (Å²) in [5, 5.41) is 19.8. The van der Waals surface area contributed by atoms with Crippen molar-refractivity contribution in [3.05, 3.63) is 35.4 Å². The number of esters is 1. The fourth-order valence-electron chi connectivity index (χ4n) is 2.39. The average molecular weight is 283 g/mol. The third-order valence-electron chi connectivity index (χ3n) is 4.09. The number of hydrogen-bond acceptors (Lipinski definition) is 4. The summed E-state index contributed by atoms with van der Waals surface area (Å²) in [5.41, 5.74) is -1.13. The minimum absolute atomic E-state index is 0.405. The molecule has 1 aliphatic rings. The molecule has 0 amide bonds. The van der Waals surface area contributed by atoms with Crippen molar-refractivity contribution in [3.8, 4) is 17.9 Å². The Morgan fingerprint density at radius 3 is 2.71 bits per heavy atom. The number of ether oxygens (including phenoxy) is 1. The summed E-state index contributed by atoms with van der Waals surface area (Å²) < 4.78 is 4.66. The Morgan fingerprint density at radius 1 is 1.48 bits per heavy atom. The van der Waals surface area contributed by atoms with Crippen LogP contribution in [0.25, 0.3) is 0 Å². The number of rotatable bonds is 2. The molecule has 21 heavy (non-hydrogen) atoms. The second-order valence-electron chi connectivity index (χ2n) is 5.44. The Morgan fingerprint density at radius 2 is 2.19 bits per heavy atom. The van der Waals surface area contributed by atoms with Crippen molar-refractivity contribution in [2.45, 2.75) is 31.8 Å². The van der Waals surface area contributed by atoms with Gasteiger partial charge in [-0.3, -0.25) is 0 Å². The molecule has 108 valence electrons. The number of nitriles is 1. The molecule has 0 radical (unpaired) electrons. The van der Waals surface area contributed by atoms with Gasteiger partial charge in [0.25, 0.3) is 0 Å². The molecule has 0 unspecified atom stereocenters. The van der Waals surface area contributed by atoms with E-state index in [9.17, 15) is 15.2 Å². The Balaban J connectivity index is 2.27. The summed E-state index contributed by atoms with van der Waals surface area (Å²) in [6.07, 6.45) is 2.25. The molecule has 0 aromatic heterocycles. The quantitative estimate of drug-likeness (QED) is 0.667. The van der Waals surface area contributed by atoms with E-state index in [2.05, 4.69) is 22.6 Å². The summed E-state index contributed by atoms with van der Waals surface area (Å²) in [5.74, 6) is 5.21. The lowest BCUT2D eigenvalue weighted by Crippen LogP contribution is -2.48. The SMILES string of the molecule is COC(=O)c1cccc(C#C[C@@](C)(O)C2(C#N)CCC2)c1. The van der Waals surface area contributed by atoms with Gasteiger partial charge >= 0.3 is 5.97 Å². The van der Waals surface area contributed by atoms with Crippen LogP contribution in [0.4, 0.5) is 0 Å². The highest BCUT2D eigenvalue weighted by atomic mass is 16.5. The molecule has 0 aliphatic heterocycles. The lowest BCUT2D eigenvalue weighted by molar-refractivity contribution is -0.0336. The van der Waals surface area contributed by atoms with Crippen molar-refractivity contribution < 1.29 is 14.6 Å². The van der Waals surface area contributed by atoms with Crippen LogP contribution in [-0.4, -0.2) is 23.8 Å². The highest BCUT2D eigenvalue weighted by molar-refractivity contribution is 5.89. The minimum Gasteiger partial charge on any atom is -0.465 e. The van der Waals surface area contributed by atoms with Gasteiger partial charge < -0.3 is 9.84 Å². The number of methoxy groups -OCH3 is 1. The van der Waals surface area contributed by atoms with Gasteiger partial charge in [-0.25, -0.2) is 4.79 Å². The topological polar surface area (TPSA) is 70.3 Å². The van der Waals surface area contributed by atoms with Gasteiger partial charge in [-0.05, 0) is 44.4 Å². The molecule has 0 heterocycles. The fraction of sp³-hybridized carbons (Fsp3) is 0.412. The summed E-state index contributed by atoms with van der Waals surface area (Å²) in [6, 6.07) is 8.89. The first-order chi connectivity index (χ1) is 9.94. The predicted molar refractivity (Wildman–Crippen MR) is 77.2 cm³/mol. The van der Waals surface area contributed by atoms with Crippen molar-refractivity contribution in [2.75, 3.05) is 7.11 Å². The summed E-state index contributed by atoms with van der Waals surface area (Å²) in [4.78, 5) is 11.5. The second kappa shape index (κ2) is 5.60. The van der Waals surface area contributed by atoms with E-state index < -0.39 is 17.0 Å². The molecule has 1 saturated carbocycles.